The van der Waals surface area contributed by atoms with E-state index in [2.05, 4.69) is 4.98 Å². The van der Waals surface area contributed by atoms with Crippen LogP contribution in [0.15, 0.2) is 40.5 Å². The molecular formula is C11H8N2O2S4. The smallest absolute Gasteiger partial charge is 0.303 e. The molecule has 0 aromatic carbocycles. The average Bonchev–Trinajstić information content (AvgIpc) is 3.03. The van der Waals surface area contributed by atoms with E-state index in [9.17, 15) is 9.59 Å². The van der Waals surface area contributed by atoms with Crippen LogP contribution in [0.5, 0.6) is 0 Å². The van der Waals surface area contributed by atoms with Gasteiger partial charge >= 0.3 is 5.69 Å². The summed E-state index contributed by atoms with van der Waals surface area (Å²) >= 11 is 6.58. The number of hydrogen-bond donors (Lipinski definition) is 1. The standard InChI is InChI=1S/C11H8N2O2S4/c1-13-4-6(8(14)12-11(13)15)7-5-18-10(19-7)9-16-2-3-17-9/h2-5H,1H3,(H,12,14,15). The Balaban J connectivity index is 1.93. The molecule has 4 nitrogen and oxygen atoms in total. The van der Waals surface area contributed by atoms with E-state index >= 15 is 0 Å². The molecule has 0 atom stereocenters. The lowest BCUT2D eigenvalue weighted by Crippen LogP contribution is -2.29. The number of nitrogens with one attached hydrogen (secondary N) is 1. The van der Waals surface area contributed by atoms with Crippen LogP contribution >= 0.6 is 47.0 Å². The first-order valence-electron chi connectivity index (χ1n) is 5.23. The number of hydrogen-bond acceptors (Lipinski definition) is 6. The number of thioether (sulfide) groups is 4. The van der Waals surface area contributed by atoms with Crippen molar-refractivity contribution in [1.29, 1.82) is 0 Å². The van der Waals surface area contributed by atoms with Gasteiger partial charge in [0.1, 0.15) is 0 Å². The Bertz CT molecular complexity index is 732. The summed E-state index contributed by atoms with van der Waals surface area (Å²) in [5.74, 6) is 0. The fraction of sp³-hybridized carbons (Fsp3) is 0.0909. The summed E-state index contributed by atoms with van der Waals surface area (Å²) in [6.07, 6.45) is 1.58. The zero-order valence-corrected chi connectivity index (χ0v) is 13.0. The third kappa shape index (κ3) is 2.62. The lowest BCUT2D eigenvalue weighted by Gasteiger charge is -2.03. The summed E-state index contributed by atoms with van der Waals surface area (Å²) in [4.78, 5) is 26.4. The Kier molecular flexibility index (Phi) is 3.75. The Labute approximate surface area is 125 Å². The van der Waals surface area contributed by atoms with Crippen LogP contribution in [0.25, 0.3) is 4.91 Å². The van der Waals surface area contributed by atoms with Gasteiger partial charge in [0.05, 0.1) is 14.0 Å². The van der Waals surface area contributed by atoms with Crippen LogP contribution in [0.2, 0.25) is 0 Å². The van der Waals surface area contributed by atoms with E-state index in [0.717, 1.165) is 4.91 Å². The van der Waals surface area contributed by atoms with Gasteiger partial charge in [-0.15, -0.1) is 0 Å². The van der Waals surface area contributed by atoms with Crippen molar-refractivity contribution in [1.82, 2.24) is 9.55 Å². The summed E-state index contributed by atoms with van der Waals surface area (Å²) in [5.41, 5.74) is -0.190. The quantitative estimate of drug-likeness (QED) is 0.855. The van der Waals surface area contributed by atoms with E-state index in [0.29, 0.717) is 5.56 Å². The second-order valence-electron chi connectivity index (χ2n) is 3.70. The molecule has 0 saturated carbocycles. The fourth-order valence-corrected chi connectivity index (χ4v) is 5.98. The molecule has 0 amide bonds. The number of aromatic nitrogens is 2. The molecule has 8 heteroatoms. The topological polar surface area (TPSA) is 54.9 Å². The zero-order valence-electron chi connectivity index (χ0n) is 9.71. The van der Waals surface area contributed by atoms with Gasteiger partial charge in [-0.25, -0.2) is 4.79 Å². The molecule has 0 fully saturated rings. The Morgan fingerprint density at radius 1 is 1.11 bits per heavy atom. The molecule has 2 aliphatic heterocycles. The summed E-state index contributed by atoms with van der Waals surface area (Å²) < 4.78 is 3.81. The lowest BCUT2D eigenvalue weighted by atomic mass is 10.3. The number of aromatic amines is 1. The summed E-state index contributed by atoms with van der Waals surface area (Å²) in [6, 6.07) is 0. The van der Waals surface area contributed by atoms with Crippen molar-refractivity contribution in [3.05, 3.63) is 57.3 Å². The normalized spacial score (nSPS) is 18.3. The van der Waals surface area contributed by atoms with Gasteiger partial charge in [-0.1, -0.05) is 47.0 Å². The third-order valence-corrected chi connectivity index (χ3v) is 7.48. The van der Waals surface area contributed by atoms with Gasteiger partial charge in [-0.2, -0.15) is 0 Å². The van der Waals surface area contributed by atoms with Crippen molar-refractivity contribution >= 4 is 52.0 Å². The van der Waals surface area contributed by atoms with Crippen molar-refractivity contribution in [2.24, 2.45) is 7.05 Å². The van der Waals surface area contributed by atoms with Crippen molar-refractivity contribution in [2.75, 3.05) is 0 Å². The molecule has 0 bridgehead atoms. The molecule has 98 valence electrons. The minimum atomic E-state index is -0.394. The highest BCUT2D eigenvalue weighted by atomic mass is 32.2. The maximum absolute atomic E-state index is 11.8. The van der Waals surface area contributed by atoms with Gasteiger partial charge in [-0.05, 0) is 16.2 Å². The molecule has 0 spiro atoms. The first-order valence-corrected chi connectivity index (χ1v) is 8.68. The average molecular weight is 328 g/mol. The summed E-state index contributed by atoms with van der Waals surface area (Å²) in [5, 5.41) is 6.05. The van der Waals surface area contributed by atoms with Crippen LogP contribution in [-0.2, 0) is 7.05 Å². The van der Waals surface area contributed by atoms with Crippen molar-refractivity contribution < 1.29 is 0 Å². The van der Waals surface area contributed by atoms with Crippen LogP contribution < -0.4 is 11.2 Å². The Hall–Kier alpha value is -0.700. The van der Waals surface area contributed by atoms with Gasteiger partial charge in [0.25, 0.3) is 5.56 Å². The van der Waals surface area contributed by atoms with Crippen LogP contribution in [0, 0.1) is 0 Å². The van der Waals surface area contributed by atoms with E-state index in [1.54, 1.807) is 60.3 Å². The molecule has 3 rings (SSSR count). The second-order valence-corrected chi connectivity index (χ2v) is 7.98. The van der Waals surface area contributed by atoms with Gasteiger partial charge in [0.15, 0.2) is 0 Å². The van der Waals surface area contributed by atoms with E-state index in [1.165, 1.54) is 13.0 Å². The number of aryl methyl sites for hydroxylation is 1. The molecule has 2 aliphatic rings. The highest BCUT2D eigenvalue weighted by Crippen LogP contribution is 2.55. The molecule has 0 aliphatic carbocycles. The summed E-state index contributed by atoms with van der Waals surface area (Å²) in [7, 11) is 1.63. The number of H-pyrrole nitrogens is 1. The molecule has 1 aromatic rings. The van der Waals surface area contributed by atoms with Crippen molar-refractivity contribution in [2.45, 2.75) is 0 Å². The molecule has 0 saturated heterocycles. The predicted molar refractivity (Wildman–Crippen MR) is 86.8 cm³/mol. The van der Waals surface area contributed by atoms with Crippen LogP contribution in [0.4, 0.5) is 0 Å². The molecule has 0 unspecified atom stereocenters. The first kappa shape index (κ1) is 13.3. The third-order valence-electron chi connectivity index (χ3n) is 2.42. The molecule has 0 radical (unpaired) electrons. The molecule has 1 aromatic heterocycles. The number of rotatable bonds is 1. The van der Waals surface area contributed by atoms with E-state index < -0.39 is 5.69 Å². The van der Waals surface area contributed by atoms with E-state index in [1.807, 2.05) is 16.2 Å². The van der Waals surface area contributed by atoms with Crippen molar-refractivity contribution in [3.8, 4) is 0 Å². The van der Waals surface area contributed by atoms with Crippen LogP contribution in [-0.4, -0.2) is 9.55 Å². The highest BCUT2D eigenvalue weighted by Gasteiger charge is 2.21. The van der Waals surface area contributed by atoms with Crippen LogP contribution in [0.1, 0.15) is 5.56 Å². The zero-order chi connectivity index (χ0) is 13.4. The SMILES string of the molecule is Cn1cc(C2=CSC(=C3SC=CS3)S2)c(=O)[nH]c1=O. The van der Waals surface area contributed by atoms with E-state index in [-0.39, 0.29) is 5.56 Å². The van der Waals surface area contributed by atoms with Gasteiger partial charge < -0.3 is 4.57 Å². The van der Waals surface area contributed by atoms with E-state index in [4.69, 9.17) is 0 Å². The highest BCUT2D eigenvalue weighted by molar-refractivity contribution is 8.35. The fourth-order valence-electron chi connectivity index (χ4n) is 1.51. The maximum atomic E-state index is 11.8. The maximum Gasteiger partial charge on any atom is 0.328 e. The first-order chi connectivity index (χ1) is 9.15. The second kappa shape index (κ2) is 5.35. The molecule has 1 N–H and O–H groups in total. The largest absolute Gasteiger partial charge is 0.328 e. The number of nitrogens with zero attached hydrogens (tertiary/aromatic N) is 1. The Morgan fingerprint density at radius 3 is 2.58 bits per heavy atom. The minimum absolute atomic E-state index is 0.335. The molecule has 3 heterocycles. The van der Waals surface area contributed by atoms with Crippen molar-refractivity contribution in [3.63, 3.8) is 0 Å². The van der Waals surface area contributed by atoms with Gasteiger partial charge in [-0.3, -0.25) is 9.78 Å². The Morgan fingerprint density at radius 2 is 1.84 bits per heavy atom. The van der Waals surface area contributed by atoms with Gasteiger partial charge in [0.2, 0.25) is 0 Å². The lowest BCUT2D eigenvalue weighted by molar-refractivity contribution is 0.796. The monoisotopic (exact) mass is 328 g/mol. The summed E-state index contributed by atoms with van der Waals surface area (Å²) in [6.45, 7) is 0. The minimum Gasteiger partial charge on any atom is -0.303 e. The predicted octanol–water partition coefficient (Wildman–Crippen LogP) is 2.93. The van der Waals surface area contributed by atoms with Crippen LogP contribution in [0.3, 0.4) is 0 Å². The van der Waals surface area contributed by atoms with Gasteiger partial charge in [0, 0.05) is 18.1 Å². The molecular weight excluding hydrogens is 320 g/mol. The molecule has 19 heavy (non-hydrogen) atoms.